The van der Waals surface area contributed by atoms with E-state index in [0.29, 0.717) is 5.75 Å². The fourth-order valence-corrected chi connectivity index (χ4v) is 1.14. The zero-order valence-electron chi connectivity index (χ0n) is 8.45. The van der Waals surface area contributed by atoms with Gasteiger partial charge < -0.3 is 15.2 Å². The third-order valence-electron chi connectivity index (χ3n) is 1.87. The van der Waals surface area contributed by atoms with Crippen molar-refractivity contribution in [3.8, 4) is 11.5 Å². The van der Waals surface area contributed by atoms with Crippen molar-refractivity contribution in [2.75, 3.05) is 20.7 Å². The lowest BCUT2D eigenvalue weighted by atomic mass is 10.1. The molecule has 0 amide bonds. The average molecular weight is 193 g/mol. The molecule has 1 aromatic rings. The minimum absolute atomic E-state index is 0.183. The van der Waals surface area contributed by atoms with Gasteiger partial charge in [-0.15, -0.1) is 0 Å². The second kappa shape index (κ2) is 5.29. The summed E-state index contributed by atoms with van der Waals surface area (Å²) >= 11 is 0. The summed E-state index contributed by atoms with van der Waals surface area (Å²) in [7, 11) is 3.41. The highest BCUT2D eigenvalue weighted by Crippen LogP contribution is 2.29. The lowest BCUT2D eigenvalue weighted by Crippen LogP contribution is -2.03. The lowest BCUT2D eigenvalue weighted by Gasteiger charge is -2.04. The molecule has 14 heavy (non-hydrogen) atoms. The van der Waals surface area contributed by atoms with Crippen LogP contribution in [-0.4, -0.2) is 25.8 Å². The van der Waals surface area contributed by atoms with Gasteiger partial charge in [0.1, 0.15) is 0 Å². The van der Waals surface area contributed by atoms with E-state index in [4.69, 9.17) is 4.74 Å². The SMILES string of the molecule is CNCC=Cc1cccc(OC)c1O. The zero-order valence-corrected chi connectivity index (χ0v) is 8.45. The number of benzene rings is 1. The van der Waals surface area contributed by atoms with E-state index in [9.17, 15) is 5.11 Å². The number of hydrogen-bond donors (Lipinski definition) is 2. The van der Waals surface area contributed by atoms with Crippen LogP contribution in [0.1, 0.15) is 5.56 Å². The summed E-state index contributed by atoms with van der Waals surface area (Å²) < 4.78 is 4.99. The van der Waals surface area contributed by atoms with Gasteiger partial charge in [-0.05, 0) is 13.1 Å². The van der Waals surface area contributed by atoms with Crippen LogP contribution in [0.4, 0.5) is 0 Å². The molecule has 0 fully saturated rings. The van der Waals surface area contributed by atoms with Crippen molar-refractivity contribution in [2.45, 2.75) is 0 Å². The van der Waals surface area contributed by atoms with E-state index < -0.39 is 0 Å². The first-order valence-corrected chi connectivity index (χ1v) is 4.46. The molecule has 1 aromatic carbocycles. The molecular formula is C11H15NO2. The number of rotatable bonds is 4. The molecule has 0 unspecified atom stereocenters. The molecular weight excluding hydrogens is 178 g/mol. The van der Waals surface area contributed by atoms with Crippen LogP contribution in [0.15, 0.2) is 24.3 Å². The van der Waals surface area contributed by atoms with Crippen molar-refractivity contribution in [1.29, 1.82) is 0 Å². The van der Waals surface area contributed by atoms with E-state index in [2.05, 4.69) is 5.32 Å². The summed E-state index contributed by atoms with van der Waals surface area (Å²) in [5.74, 6) is 0.680. The first-order chi connectivity index (χ1) is 6.79. The predicted octanol–water partition coefficient (Wildman–Crippen LogP) is 1.63. The van der Waals surface area contributed by atoms with Crippen molar-refractivity contribution in [1.82, 2.24) is 5.32 Å². The molecule has 1 rings (SSSR count). The zero-order chi connectivity index (χ0) is 10.4. The van der Waals surface area contributed by atoms with Gasteiger partial charge in [-0.3, -0.25) is 0 Å². The van der Waals surface area contributed by atoms with Crippen LogP contribution >= 0.6 is 0 Å². The molecule has 0 aliphatic carbocycles. The van der Waals surface area contributed by atoms with Crippen LogP contribution in [0.2, 0.25) is 0 Å². The second-order valence-corrected chi connectivity index (χ2v) is 2.86. The maximum atomic E-state index is 9.69. The van der Waals surface area contributed by atoms with Gasteiger partial charge >= 0.3 is 0 Å². The number of likely N-dealkylation sites (N-methyl/N-ethyl adjacent to an activating group) is 1. The van der Waals surface area contributed by atoms with Gasteiger partial charge in [-0.1, -0.05) is 24.3 Å². The molecule has 0 aliphatic heterocycles. The molecule has 0 aliphatic rings. The van der Waals surface area contributed by atoms with Crippen LogP contribution in [0.5, 0.6) is 11.5 Å². The largest absolute Gasteiger partial charge is 0.504 e. The summed E-state index contributed by atoms with van der Waals surface area (Å²) in [4.78, 5) is 0. The molecule has 76 valence electrons. The Morgan fingerprint density at radius 3 is 2.93 bits per heavy atom. The third-order valence-corrected chi connectivity index (χ3v) is 1.87. The van der Waals surface area contributed by atoms with Crippen molar-refractivity contribution in [2.24, 2.45) is 0 Å². The smallest absolute Gasteiger partial charge is 0.165 e. The summed E-state index contributed by atoms with van der Waals surface area (Å²) in [6.45, 7) is 0.774. The van der Waals surface area contributed by atoms with E-state index in [1.54, 1.807) is 6.07 Å². The molecule has 0 bridgehead atoms. The predicted molar refractivity (Wildman–Crippen MR) is 57.6 cm³/mol. The monoisotopic (exact) mass is 193 g/mol. The molecule has 0 saturated heterocycles. The second-order valence-electron chi connectivity index (χ2n) is 2.86. The van der Waals surface area contributed by atoms with Gasteiger partial charge in [0.05, 0.1) is 7.11 Å². The number of ether oxygens (including phenoxy) is 1. The van der Waals surface area contributed by atoms with Crippen molar-refractivity contribution < 1.29 is 9.84 Å². The van der Waals surface area contributed by atoms with Crippen LogP contribution in [0.25, 0.3) is 6.08 Å². The molecule has 0 heterocycles. The minimum atomic E-state index is 0.183. The van der Waals surface area contributed by atoms with Gasteiger partial charge in [0, 0.05) is 12.1 Å². The van der Waals surface area contributed by atoms with Gasteiger partial charge in [0.2, 0.25) is 0 Å². The molecule has 3 heteroatoms. The Labute approximate surface area is 84.0 Å². The van der Waals surface area contributed by atoms with Crippen LogP contribution in [0, 0.1) is 0 Å². The van der Waals surface area contributed by atoms with Crippen LogP contribution in [-0.2, 0) is 0 Å². The quantitative estimate of drug-likeness (QED) is 0.763. The number of hydrogen-bond acceptors (Lipinski definition) is 3. The minimum Gasteiger partial charge on any atom is -0.504 e. The van der Waals surface area contributed by atoms with Crippen LogP contribution < -0.4 is 10.1 Å². The number of phenolic OH excluding ortho intramolecular Hbond substituents is 1. The Balaban J connectivity index is 2.86. The number of methoxy groups -OCH3 is 1. The lowest BCUT2D eigenvalue weighted by molar-refractivity contribution is 0.373. The molecule has 0 radical (unpaired) electrons. The number of phenols is 1. The maximum absolute atomic E-state index is 9.69. The summed E-state index contributed by atoms with van der Waals surface area (Å²) in [5, 5.41) is 12.7. The van der Waals surface area contributed by atoms with Crippen molar-refractivity contribution in [3.05, 3.63) is 29.8 Å². The summed E-state index contributed by atoms with van der Waals surface area (Å²) in [5.41, 5.74) is 0.764. The van der Waals surface area contributed by atoms with Gasteiger partial charge in [0.15, 0.2) is 11.5 Å². The molecule has 2 N–H and O–H groups in total. The highest BCUT2D eigenvalue weighted by Gasteiger charge is 2.03. The van der Waals surface area contributed by atoms with Gasteiger partial charge in [0.25, 0.3) is 0 Å². The molecule has 0 spiro atoms. The number of nitrogens with one attached hydrogen (secondary N) is 1. The summed E-state index contributed by atoms with van der Waals surface area (Å²) in [6, 6.07) is 5.41. The Kier molecular flexibility index (Phi) is 4.01. The normalized spacial score (nSPS) is 10.7. The topological polar surface area (TPSA) is 41.5 Å². The van der Waals surface area contributed by atoms with Gasteiger partial charge in [-0.2, -0.15) is 0 Å². The molecule has 0 atom stereocenters. The fraction of sp³-hybridized carbons (Fsp3) is 0.273. The first-order valence-electron chi connectivity index (χ1n) is 4.46. The molecule has 3 nitrogen and oxygen atoms in total. The number of para-hydroxylation sites is 1. The third kappa shape index (κ3) is 2.50. The Morgan fingerprint density at radius 2 is 2.29 bits per heavy atom. The molecule has 0 saturated carbocycles. The van der Waals surface area contributed by atoms with E-state index in [1.165, 1.54) is 7.11 Å². The summed E-state index contributed by atoms with van der Waals surface area (Å²) in [6.07, 6.45) is 3.79. The van der Waals surface area contributed by atoms with E-state index in [-0.39, 0.29) is 5.75 Å². The van der Waals surface area contributed by atoms with E-state index >= 15 is 0 Å². The highest BCUT2D eigenvalue weighted by atomic mass is 16.5. The fourth-order valence-electron chi connectivity index (χ4n) is 1.14. The molecule has 0 aromatic heterocycles. The Hall–Kier alpha value is -1.48. The average Bonchev–Trinajstić information content (AvgIpc) is 2.21. The number of aromatic hydroxyl groups is 1. The standard InChI is InChI=1S/C11H15NO2/c1-12-8-4-6-9-5-3-7-10(14-2)11(9)13/h3-7,12-13H,8H2,1-2H3. The van der Waals surface area contributed by atoms with Crippen molar-refractivity contribution in [3.63, 3.8) is 0 Å². The van der Waals surface area contributed by atoms with Crippen molar-refractivity contribution >= 4 is 6.08 Å². The van der Waals surface area contributed by atoms with Crippen LogP contribution in [0.3, 0.4) is 0 Å². The van der Waals surface area contributed by atoms with E-state index in [1.807, 2.05) is 31.3 Å². The van der Waals surface area contributed by atoms with E-state index in [0.717, 1.165) is 12.1 Å². The Bertz CT molecular complexity index is 321. The maximum Gasteiger partial charge on any atom is 0.165 e. The van der Waals surface area contributed by atoms with Gasteiger partial charge in [-0.25, -0.2) is 0 Å². The first kappa shape index (κ1) is 10.6. The highest BCUT2D eigenvalue weighted by molar-refractivity contribution is 5.61. The Morgan fingerprint density at radius 1 is 1.50 bits per heavy atom.